The molecule has 0 aromatic carbocycles. The molecule has 0 aliphatic rings. The average Bonchev–Trinajstić information content (AvgIpc) is 3.26. The quantitative estimate of drug-likeness (QED) is 0.163. The number of imidazole rings is 1. The van der Waals surface area contributed by atoms with Crippen molar-refractivity contribution >= 4 is 29.6 Å². The molecule has 0 saturated heterocycles. The zero-order chi connectivity index (χ0) is 24.3. The molecule has 9 N–H and O–H groups in total. The van der Waals surface area contributed by atoms with Crippen LogP contribution >= 0.6 is 0 Å². The van der Waals surface area contributed by atoms with Gasteiger partial charge in [-0.1, -0.05) is 20.3 Å². The average molecular weight is 454 g/mol. The van der Waals surface area contributed by atoms with Crippen LogP contribution in [-0.4, -0.2) is 69.3 Å². The number of primary amides is 1. The second-order valence-electron chi connectivity index (χ2n) is 7.38. The third-order valence-corrected chi connectivity index (χ3v) is 4.90. The molecule has 1 aromatic heterocycles. The van der Waals surface area contributed by atoms with Gasteiger partial charge in [0.15, 0.2) is 0 Å². The lowest BCUT2D eigenvalue weighted by Gasteiger charge is -2.27. The molecule has 178 valence electrons. The van der Waals surface area contributed by atoms with Crippen LogP contribution in [0.5, 0.6) is 0 Å². The van der Waals surface area contributed by atoms with Crippen molar-refractivity contribution < 1.29 is 29.1 Å². The van der Waals surface area contributed by atoms with Gasteiger partial charge in [0.1, 0.15) is 18.1 Å². The number of nitrogens with zero attached hydrogens (tertiary/aromatic N) is 1. The highest BCUT2D eigenvalue weighted by Gasteiger charge is 2.32. The summed E-state index contributed by atoms with van der Waals surface area (Å²) in [5.41, 5.74) is 11.0. The molecule has 4 amide bonds. The number of aliphatic carboxylic acids is 1. The fourth-order valence-electron chi connectivity index (χ4n) is 2.84. The Hall–Kier alpha value is -3.48. The number of rotatable bonds is 14. The molecule has 0 aliphatic heterocycles. The number of carbonyl (C=O) groups excluding carboxylic acids is 4. The van der Waals surface area contributed by atoms with E-state index in [2.05, 4.69) is 25.9 Å². The maximum Gasteiger partial charge on any atom is 0.326 e. The summed E-state index contributed by atoms with van der Waals surface area (Å²) >= 11 is 0. The minimum absolute atomic E-state index is 0.0722. The lowest BCUT2D eigenvalue weighted by Crippen LogP contribution is -2.58. The maximum absolute atomic E-state index is 12.9. The largest absolute Gasteiger partial charge is 0.480 e. The highest BCUT2D eigenvalue weighted by atomic mass is 16.4. The van der Waals surface area contributed by atoms with E-state index in [1.54, 1.807) is 13.8 Å². The van der Waals surface area contributed by atoms with Crippen LogP contribution in [0.3, 0.4) is 0 Å². The van der Waals surface area contributed by atoms with Crippen LogP contribution in [0.2, 0.25) is 0 Å². The molecule has 4 unspecified atom stereocenters. The van der Waals surface area contributed by atoms with E-state index in [9.17, 15) is 29.1 Å². The molecule has 0 aliphatic carbocycles. The van der Waals surface area contributed by atoms with E-state index in [4.69, 9.17) is 11.5 Å². The van der Waals surface area contributed by atoms with Gasteiger partial charge in [0.05, 0.1) is 12.9 Å². The first kappa shape index (κ1) is 26.6. The van der Waals surface area contributed by atoms with Crippen molar-refractivity contribution in [3.05, 3.63) is 18.2 Å². The molecule has 0 saturated carbocycles. The number of hydrogen-bond donors (Lipinski definition) is 7. The maximum atomic E-state index is 12.9. The van der Waals surface area contributed by atoms with Crippen molar-refractivity contribution in [1.29, 1.82) is 0 Å². The molecule has 0 radical (unpaired) electrons. The molecule has 0 fully saturated rings. The second kappa shape index (κ2) is 13.0. The highest BCUT2D eigenvalue weighted by molar-refractivity contribution is 5.94. The van der Waals surface area contributed by atoms with Crippen LogP contribution < -0.4 is 27.4 Å². The molecule has 1 rings (SSSR count). The molecular formula is C19H31N7O6. The van der Waals surface area contributed by atoms with E-state index in [1.165, 1.54) is 12.5 Å². The van der Waals surface area contributed by atoms with Gasteiger partial charge < -0.3 is 37.5 Å². The lowest BCUT2D eigenvalue weighted by atomic mass is 9.97. The van der Waals surface area contributed by atoms with Crippen LogP contribution in [-0.2, 0) is 30.4 Å². The second-order valence-corrected chi connectivity index (χ2v) is 7.38. The first-order valence-corrected chi connectivity index (χ1v) is 10.2. The monoisotopic (exact) mass is 453 g/mol. The normalized spacial score (nSPS) is 14.5. The highest BCUT2D eigenvalue weighted by Crippen LogP contribution is 2.10. The Balaban J connectivity index is 2.99. The molecular weight excluding hydrogens is 422 g/mol. The zero-order valence-corrected chi connectivity index (χ0v) is 18.1. The van der Waals surface area contributed by atoms with Crippen LogP contribution in [0.4, 0.5) is 0 Å². The predicted molar refractivity (Wildman–Crippen MR) is 113 cm³/mol. The number of nitrogens with two attached hydrogens (primary N) is 2. The Labute approximate surface area is 185 Å². The Kier molecular flexibility index (Phi) is 10.8. The molecule has 0 bridgehead atoms. The number of carboxylic acid groups (broad SMARTS) is 1. The van der Waals surface area contributed by atoms with Gasteiger partial charge in [-0.05, 0) is 12.3 Å². The number of hydrogen-bond acceptors (Lipinski definition) is 7. The minimum atomic E-state index is -1.35. The van der Waals surface area contributed by atoms with Gasteiger partial charge in [0.25, 0.3) is 0 Å². The summed E-state index contributed by atoms with van der Waals surface area (Å²) in [6, 6.07) is -3.48. The van der Waals surface area contributed by atoms with Crippen molar-refractivity contribution in [2.24, 2.45) is 17.4 Å². The van der Waals surface area contributed by atoms with E-state index in [-0.39, 0.29) is 31.7 Å². The third-order valence-electron chi connectivity index (χ3n) is 4.90. The Morgan fingerprint density at radius 2 is 1.81 bits per heavy atom. The van der Waals surface area contributed by atoms with Crippen molar-refractivity contribution in [3.63, 3.8) is 0 Å². The van der Waals surface area contributed by atoms with Crippen LogP contribution in [0.25, 0.3) is 0 Å². The van der Waals surface area contributed by atoms with Gasteiger partial charge in [-0.3, -0.25) is 19.2 Å². The summed E-state index contributed by atoms with van der Waals surface area (Å²) in [6.07, 6.45) is 3.06. The van der Waals surface area contributed by atoms with Gasteiger partial charge in [-0.15, -0.1) is 0 Å². The summed E-state index contributed by atoms with van der Waals surface area (Å²) in [4.78, 5) is 66.7. The SMILES string of the molecule is CCC(C)C(NC(=O)C(Cc1cnc[nH]1)NC(=O)CN)C(=O)NC(CCC(N)=O)C(=O)O. The Morgan fingerprint density at radius 3 is 2.31 bits per heavy atom. The zero-order valence-electron chi connectivity index (χ0n) is 18.1. The molecule has 4 atom stereocenters. The molecule has 13 heteroatoms. The lowest BCUT2D eigenvalue weighted by molar-refractivity contribution is -0.143. The third kappa shape index (κ3) is 8.71. The van der Waals surface area contributed by atoms with E-state index in [0.717, 1.165) is 0 Å². The van der Waals surface area contributed by atoms with Crippen molar-refractivity contribution in [2.75, 3.05) is 6.54 Å². The predicted octanol–water partition coefficient (Wildman–Crippen LogP) is -2.24. The number of carboxylic acids is 1. The molecule has 32 heavy (non-hydrogen) atoms. The number of aromatic amines is 1. The standard InChI is InChI=1S/C19H31N7O6/c1-3-10(2)16(18(30)25-12(19(31)32)4-5-14(21)27)26-17(29)13(24-15(28)7-20)6-11-8-22-9-23-11/h8-10,12-13,16H,3-7,20H2,1-2H3,(H2,21,27)(H,22,23)(H,24,28)(H,25,30)(H,26,29)(H,31,32). The smallest absolute Gasteiger partial charge is 0.326 e. The summed E-state index contributed by atoms with van der Waals surface area (Å²) < 4.78 is 0. The van der Waals surface area contributed by atoms with E-state index >= 15 is 0 Å². The van der Waals surface area contributed by atoms with E-state index < -0.39 is 47.7 Å². The Morgan fingerprint density at radius 1 is 1.12 bits per heavy atom. The van der Waals surface area contributed by atoms with Gasteiger partial charge in [-0.25, -0.2) is 9.78 Å². The number of carbonyl (C=O) groups is 5. The van der Waals surface area contributed by atoms with Crippen LogP contribution in [0.1, 0.15) is 38.8 Å². The first-order chi connectivity index (χ1) is 15.1. The van der Waals surface area contributed by atoms with E-state index in [1.807, 2.05) is 0 Å². The summed E-state index contributed by atoms with van der Waals surface area (Å²) in [5.74, 6) is -4.33. The fourth-order valence-corrected chi connectivity index (χ4v) is 2.84. The van der Waals surface area contributed by atoms with E-state index in [0.29, 0.717) is 12.1 Å². The van der Waals surface area contributed by atoms with Crippen molar-refractivity contribution in [2.45, 2.75) is 57.7 Å². The summed E-state index contributed by atoms with van der Waals surface area (Å²) in [6.45, 7) is 3.19. The molecule has 1 heterocycles. The van der Waals surface area contributed by atoms with Gasteiger partial charge in [0.2, 0.25) is 23.6 Å². The van der Waals surface area contributed by atoms with Crippen LogP contribution in [0.15, 0.2) is 12.5 Å². The number of amides is 4. The molecule has 0 spiro atoms. The van der Waals surface area contributed by atoms with Crippen molar-refractivity contribution in [3.8, 4) is 0 Å². The number of aromatic nitrogens is 2. The Bertz CT molecular complexity index is 798. The number of nitrogens with one attached hydrogen (secondary N) is 4. The molecule has 1 aromatic rings. The van der Waals surface area contributed by atoms with Gasteiger partial charge >= 0.3 is 5.97 Å². The van der Waals surface area contributed by atoms with Crippen LogP contribution in [0, 0.1) is 5.92 Å². The fraction of sp³-hybridized carbons (Fsp3) is 0.579. The van der Waals surface area contributed by atoms with Gasteiger partial charge in [0, 0.05) is 24.7 Å². The number of H-pyrrole nitrogens is 1. The molecule has 13 nitrogen and oxygen atoms in total. The summed E-state index contributed by atoms with van der Waals surface area (Å²) in [5, 5.41) is 16.8. The minimum Gasteiger partial charge on any atom is -0.480 e. The topological polar surface area (TPSA) is 222 Å². The first-order valence-electron chi connectivity index (χ1n) is 10.2. The summed E-state index contributed by atoms with van der Waals surface area (Å²) in [7, 11) is 0. The van der Waals surface area contributed by atoms with Crippen molar-refractivity contribution in [1.82, 2.24) is 25.9 Å². The van der Waals surface area contributed by atoms with Gasteiger partial charge in [-0.2, -0.15) is 0 Å².